The van der Waals surface area contributed by atoms with Crippen LogP contribution in [-0.2, 0) is 14.1 Å². The lowest BCUT2D eigenvalue weighted by Crippen LogP contribution is -1.83. The Kier molecular flexibility index (Phi) is 4.13. The van der Waals surface area contributed by atoms with E-state index in [0.29, 0.717) is 0 Å². The Bertz CT molecular complexity index is 447. The van der Waals surface area contributed by atoms with Crippen LogP contribution < -0.4 is 0 Å². The van der Waals surface area contributed by atoms with Crippen LogP contribution in [0.15, 0.2) is 29.3 Å². The van der Waals surface area contributed by atoms with Gasteiger partial charge in [-0.2, -0.15) is 10.2 Å². The van der Waals surface area contributed by atoms with Crippen LogP contribution in [0.4, 0.5) is 0 Å². The molecule has 15 heavy (non-hydrogen) atoms. The van der Waals surface area contributed by atoms with Gasteiger partial charge in [0.15, 0.2) is 0 Å². The van der Waals surface area contributed by atoms with E-state index in [1.165, 1.54) is 0 Å². The van der Waals surface area contributed by atoms with Gasteiger partial charge in [0.25, 0.3) is 0 Å². The first-order chi connectivity index (χ1) is 7.11. The Morgan fingerprint density at radius 2 is 1.80 bits per heavy atom. The molecule has 4 nitrogen and oxygen atoms in total. The molecule has 0 aliphatic carbocycles. The van der Waals surface area contributed by atoms with Gasteiger partial charge in [-0.3, -0.25) is 9.36 Å². The lowest BCUT2D eigenvalue weighted by atomic mass is 10.4. The Morgan fingerprint density at radius 3 is 2.00 bits per heavy atom. The van der Waals surface area contributed by atoms with Gasteiger partial charge in [-0.1, -0.05) is 5.92 Å². The van der Waals surface area contributed by atoms with Crippen molar-refractivity contribution in [1.29, 1.82) is 0 Å². The van der Waals surface area contributed by atoms with Gasteiger partial charge in [0.05, 0.1) is 22.4 Å². The van der Waals surface area contributed by atoms with Crippen molar-refractivity contribution >= 4 is 15.9 Å². The molecule has 5 heteroatoms. The van der Waals surface area contributed by atoms with Crippen molar-refractivity contribution in [1.82, 2.24) is 19.6 Å². The molecule has 0 fully saturated rings. The molecular formula is C10H11BrN4. The highest BCUT2D eigenvalue weighted by Crippen LogP contribution is 2.03. The summed E-state index contributed by atoms with van der Waals surface area (Å²) >= 11 is 3.25. The van der Waals surface area contributed by atoms with Gasteiger partial charge in [0.2, 0.25) is 0 Å². The SMILES string of the molecule is C#Cc1cnn(C)c1.Cn1cc(Br)cn1. The summed E-state index contributed by atoms with van der Waals surface area (Å²) < 4.78 is 4.44. The number of aryl methyl sites for hydroxylation is 2. The quantitative estimate of drug-likeness (QED) is 0.679. The van der Waals surface area contributed by atoms with E-state index in [4.69, 9.17) is 6.42 Å². The molecule has 0 aromatic carbocycles. The average molecular weight is 267 g/mol. The highest BCUT2D eigenvalue weighted by Gasteiger charge is 1.85. The third-order valence-electron chi connectivity index (χ3n) is 1.54. The first-order valence-corrected chi connectivity index (χ1v) is 5.00. The van der Waals surface area contributed by atoms with Gasteiger partial charge in [0, 0.05) is 26.5 Å². The van der Waals surface area contributed by atoms with E-state index in [1.54, 1.807) is 28.0 Å². The molecule has 0 radical (unpaired) electrons. The molecule has 0 aliphatic heterocycles. The molecule has 0 N–H and O–H groups in total. The van der Waals surface area contributed by atoms with Gasteiger partial charge in [0.1, 0.15) is 0 Å². The summed E-state index contributed by atoms with van der Waals surface area (Å²) in [7, 11) is 3.71. The molecule has 0 spiro atoms. The Morgan fingerprint density at radius 1 is 1.20 bits per heavy atom. The summed E-state index contributed by atoms with van der Waals surface area (Å²) in [5, 5.41) is 7.75. The predicted octanol–water partition coefficient (Wildman–Crippen LogP) is 1.58. The molecule has 0 bridgehead atoms. The van der Waals surface area contributed by atoms with Crippen LogP contribution in [0.25, 0.3) is 0 Å². The summed E-state index contributed by atoms with van der Waals surface area (Å²) in [4.78, 5) is 0. The molecule has 2 rings (SSSR count). The number of halogens is 1. The third-order valence-corrected chi connectivity index (χ3v) is 1.95. The maximum atomic E-state index is 5.06. The first kappa shape index (κ1) is 11.5. The molecule has 0 aliphatic rings. The normalized spacial score (nSPS) is 8.93. The maximum Gasteiger partial charge on any atom is 0.0646 e. The number of aromatic nitrogens is 4. The summed E-state index contributed by atoms with van der Waals surface area (Å²) in [6, 6.07) is 0. The third kappa shape index (κ3) is 4.00. The number of terminal acetylenes is 1. The van der Waals surface area contributed by atoms with Crippen molar-refractivity contribution in [3.05, 3.63) is 34.8 Å². The van der Waals surface area contributed by atoms with E-state index >= 15 is 0 Å². The zero-order valence-corrected chi connectivity index (χ0v) is 10.1. The molecular weight excluding hydrogens is 256 g/mol. The first-order valence-electron chi connectivity index (χ1n) is 4.21. The average Bonchev–Trinajstić information content (AvgIpc) is 2.76. The van der Waals surface area contributed by atoms with Crippen molar-refractivity contribution < 1.29 is 0 Å². The van der Waals surface area contributed by atoms with E-state index in [0.717, 1.165) is 10.0 Å². The maximum absolute atomic E-state index is 5.06. The summed E-state index contributed by atoms with van der Waals surface area (Å²) in [6.45, 7) is 0. The second-order valence-electron chi connectivity index (χ2n) is 2.88. The molecule has 2 aromatic heterocycles. The minimum Gasteiger partial charge on any atom is -0.275 e. The Balaban J connectivity index is 0.000000151. The van der Waals surface area contributed by atoms with Crippen LogP contribution in [0.2, 0.25) is 0 Å². The van der Waals surface area contributed by atoms with Crippen LogP contribution in [0.5, 0.6) is 0 Å². The van der Waals surface area contributed by atoms with Crippen molar-refractivity contribution in [2.75, 3.05) is 0 Å². The number of hydrogen-bond donors (Lipinski definition) is 0. The zero-order valence-electron chi connectivity index (χ0n) is 8.55. The smallest absolute Gasteiger partial charge is 0.0646 e. The van der Waals surface area contributed by atoms with Gasteiger partial charge in [-0.05, 0) is 15.9 Å². The number of nitrogens with zero attached hydrogens (tertiary/aromatic N) is 4. The minimum absolute atomic E-state index is 0.826. The number of hydrogen-bond acceptors (Lipinski definition) is 2. The van der Waals surface area contributed by atoms with E-state index in [1.807, 2.05) is 20.3 Å². The van der Waals surface area contributed by atoms with Gasteiger partial charge < -0.3 is 0 Å². The van der Waals surface area contributed by atoms with Crippen molar-refractivity contribution in [3.8, 4) is 12.3 Å². The molecule has 2 aromatic rings. The highest BCUT2D eigenvalue weighted by molar-refractivity contribution is 9.10. The van der Waals surface area contributed by atoms with Crippen LogP contribution in [0.1, 0.15) is 5.56 Å². The van der Waals surface area contributed by atoms with Gasteiger partial charge >= 0.3 is 0 Å². The van der Waals surface area contributed by atoms with E-state index in [-0.39, 0.29) is 0 Å². The van der Waals surface area contributed by atoms with Gasteiger partial charge in [-0.25, -0.2) is 0 Å². The fraction of sp³-hybridized carbons (Fsp3) is 0.200. The summed E-state index contributed by atoms with van der Waals surface area (Å²) in [5.41, 5.74) is 0.826. The van der Waals surface area contributed by atoms with Crippen LogP contribution >= 0.6 is 15.9 Å². The molecule has 0 saturated carbocycles. The lowest BCUT2D eigenvalue weighted by Gasteiger charge is -1.78. The Labute approximate surface area is 97.0 Å². The fourth-order valence-corrected chi connectivity index (χ4v) is 1.28. The molecule has 0 amide bonds. The van der Waals surface area contributed by atoms with E-state index in [9.17, 15) is 0 Å². The zero-order chi connectivity index (χ0) is 11.3. The summed E-state index contributed by atoms with van der Waals surface area (Å²) in [6.07, 6.45) is 12.1. The lowest BCUT2D eigenvalue weighted by molar-refractivity contribution is 0.767. The second kappa shape index (κ2) is 5.37. The summed E-state index contributed by atoms with van der Waals surface area (Å²) in [5.74, 6) is 2.46. The van der Waals surface area contributed by atoms with Crippen molar-refractivity contribution in [2.45, 2.75) is 0 Å². The fourth-order valence-electron chi connectivity index (χ4n) is 0.887. The highest BCUT2D eigenvalue weighted by atomic mass is 79.9. The van der Waals surface area contributed by atoms with Crippen molar-refractivity contribution in [2.24, 2.45) is 14.1 Å². The molecule has 0 saturated heterocycles. The predicted molar refractivity (Wildman–Crippen MR) is 62.1 cm³/mol. The van der Waals surface area contributed by atoms with E-state index < -0.39 is 0 Å². The molecule has 78 valence electrons. The second-order valence-corrected chi connectivity index (χ2v) is 3.79. The van der Waals surface area contributed by atoms with Crippen molar-refractivity contribution in [3.63, 3.8) is 0 Å². The Hall–Kier alpha value is -1.54. The van der Waals surface area contributed by atoms with Gasteiger partial charge in [-0.15, -0.1) is 6.42 Å². The molecule has 0 unspecified atom stereocenters. The standard InChI is InChI=1S/C6H6N2.C4H5BrN2/c1-3-6-4-7-8(2)5-6;1-7-3-4(5)2-6-7/h1,4-5H,2H3;2-3H,1H3. The molecule has 0 atom stereocenters. The number of rotatable bonds is 0. The van der Waals surface area contributed by atoms with Crippen LogP contribution in [0, 0.1) is 12.3 Å². The minimum atomic E-state index is 0.826. The largest absolute Gasteiger partial charge is 0.275 e. The topological polar surface area (TPSA) is 35.6 Å². The van der Waals surface area contributed by atoms with Crippen LogP contribution in [0.3, 0.4) is 0 Å². The molecule has 2 heterocycles. The van der Waals surface area contributed by atoms with Crippen LogP contribution in [-0.4, -0.2) is 19.6 Å². The van der Waals surface area contributed by atoms with E-state index in [2.05, 4.69) is 32.0 Å². The monoisotopic (exact) mass is 266 g/mol.